The van der Waals surface area contributed by atoms with Crippen molar-refractivity contribution in [3.63, 3.8) is 0 Å². The van der Waals surface area contributed by atoms with Gasteiger partial charge >= 0.3 is 0 Å². The molecule has 4 rings (SSSR count). The van der Waals surface area contributed by atoms with Crippen LogP contribution in [0.2, 0.25) is 0 Å². The fourth-order valence-electron chi connectivity index (χ4n) is 5.15. The molecule has 2 aromatic carbocycles. The van der Waals surface area contributed by atoms with Gasteiger partial charge in [-0.3, -0.25) is 9.69 Å². The molecule has 1 aliphatic heterocycles. The summed E-state index contributed by atoms with van der Waals surface area (Å²) in [6.45, 7) is 9.21. The van der Waals surface area contributed by atoms with Crippen LogP contribution in [0.4, 0.5) is 5.13 Å². The molecule has 0 N–H and O–H groups in total. The van der Waals surface area contributed by atoms with Gasteiger partial charge in [0.2, 0.25) is 10.0 Å². The number of hydrogen-bond acceptors (Lipinski definition) is 8. The highest BCUT2D eigenvalue weighted by atomic mass is 32.2. The summed E-state index contributed by atoms with van der Waals surface area (Å²) in [4.78, 5) is 22.5. The molecule has 1 aromatic heterocycles. The first-order valence-electron chi connectivity index (χ1n) is 13.8. The average molecular weight is 607 g/mol. The predicted molar refractivity (Wildman–Crippen MR) is 160 cm³/mol. The monoisotopic (exact) mass is 606 g/mol. The van der Waals surface area contributed by atoms with Gasteiger partial charge in [0.05, 0.1) is 14.5 Å². The molecule has 40 heavy (non-hydrogen) atoms. The minimum Gasteiger partial charge on any atom is -0.302 e. The normalized spacial score (nSPS) is 17.0. The summed E-state index contributed by atoms with van der Waals surface area (Å²) in [6, 6.07) is 11.1. The number of benzene rings is 2. The van der Waals surface area contributed by atoms with Crippen LogP contribution in [-0.4, -0.2) is 82.0 Å². The van der Waals surface area contributed by atoms with E-state index in [4.69, 9.17) is 0 Å². The molecule has 2 heterocycles. The Morgan fingerprint density at radius 1 is 1.00 bits per heavy atom. The Labute approximate surface area is 241 Å². The summed E-state index contributed by atoms with van der Waals surface area (Å²) in [7, 11) is -7.18. The fraction of sp³-hybridized carbons (Fsp3) is 0.500. The first kappa shape index (κ1) is 30.6. The number of anilines is 1. The van der Waals surface area contributed by atoms with Gasteiger partial charge in [-0.05, 0) is 68.8 Å². The Morgan fingerprint density at radius 3 is 2.33 bits per heavy atom. The first-order valence-corrected chi connectivity index (χ1v) is 17.9. The second kappa shape index (κ2) is 12.6. The third kappa shape index (κ3) is 6.41. The topological polar surface area (TPSA) is 108 Å². The van der Waals surface area contributed by atoms with E-state index >= 15 is 0 Å². The highest BCUT2D eigenvalue weighted by Crippen LogP contribution is 2.34. The van der Waals surface area contributed by atoms with E-state index in [0.717, 1.165) is 45.0 Å². The number of piperidine rings is 1. The molecule has 0 bridgehead atoms. The van der Waals surface area contributed by atoms with Crippen molar-refractivity contribution in [2.75, 3.05) is 43.9 Å². The molecule has 0 spiro atoms. The van der Waals surface area contributed by atoms with Crippen LogP contribution in [0.15, 0.2) is 52.3 Å². The highest BCUT2D eigenvalue weighted by molar-refractivity contribution is 7.91. The number of hydrogen-bond donors (Lipinski definition) is 0. The lowest BCUT2D eigenvalue weighted by Gasteiger charge is -2.34. The summed E-state index contributed by atoms with van der Waals surface area (Å²) in [5.74, 6) is -0.319. The standard InChI is InChI=1S/C28H38N4O5S3/c1-5-22-11-8-9-18-32(22)40(36,37)23-16-14-21(15-17-23)27(33)31(20-19-30(6-2)7-3)28-29-26-24(38-28)12-10-13-25(26)39(4,34)35/h10,12-17,22H,5-9,11,18-20H2,1-4H3. The third-order valence-corrected chi connectivity index (χ3v) is 11.7. The molecule has 1 aliphatic rings. The Morgan fingerprint density at radius 2 is 1.70 bits per heavy atom. The Kier molecular flexibility index (Phi) is 9.66. The number of thiazole rings is 1. The number of sulfonamides is 1. The van der Waals surface area contributed by atoms with E-state index < -0.39 is 19.9 Å². The number of nitrogens with zero attached hydrogens (tertiary/aromatic N) is 4. The average Bonchev–Trinajstić information content (AvgIpc) is 3.38. The van der Waals surface area contributed by atoms with Crippen molar-refractivity contribution in [3.8, 4) is 0 Å². The summed E-state index contributed by atoms with van der Waals surface area (Å²) >= 11 is 1.26. The predicted octanol–water partition coefficient (Wildman–Crippen LogP) is 4.64. The number of fused-ring (bicyclic) bond motifs is 1. The zero-order valence-electron chi connectivity index (χ0n) is 23.5. The maximum Gasteiger partial charge on any atom is 0.260 e. The molecule has 1 unspecified atom stereocenters. The van der Waals surface area contributed by atoms with Gasteiger partial charge in [-0.15, -0.1) is 0 Å². The molecular formula is C28H38N4O5S3. The van der Waals surface area contributed by atoms with Gasteiger partial charge in [0, 0.05) is 37.5 Å². The van der Waals surface area contributed by atoms with Crippen molar-refractivity contribution in [2.45, 2.75) is 62.3 Å². The van der Waals surface area contributed by atoms with Gasteiger partial charge in [0.25, 0.3) is 5.91 Å². The molecule has 0 aliphatic carbocycles. The van der Waals surface area contributed by atoms with Crippen LogP contribution >= 0.6 is 11.3 Å². The van der Waals surface area contributed by atoms with Crippen LogP contribution in [0.1, 0.15) is 56.8 Å². The van der Waals surface area contributed by atoms with Gasteiger partial charge in [-0.2, -0.15) is 4.31 Å². The molecule has 1 amide bonds. The van der Waals surface area contributed by atoms with E-state index in [9.17, 15) is 21.6 Å². The molecule has 1 atom stereocenters. The highest BCUT2D eigenvalue weighted by Gasteiger charge is 2.33. The van der Waals surface area contributed by atoms with Gasteiger partial charge in [-0.25, -0.2) is 21.8 Å². The largest absolute Gasteiger partial charge is 0.302 e. The number of rotatable bonds is 11. The maximum absolute atomic E-state index is 13.9. The SMILES string of the molecule is CCC1CCCCN1S(=O)(=O)c1ccc(C(=O)N(CCN(CC)CC)c2nc3c(S(C)(=O)=O)cccc3s2)cc1. The quantitative estimate of drug-likeness (QED) is 0.313. The molecule has 3 aromatic rings. The van der Waals surface area contributed by atoms with Crippen molar-refractivity contribution in [3.05, 3.63) is 48.0 Å². The van der Waals surface area contributed by atoms with E-state index in [2.05, 4.69) is 23.7 Å². The Hall–Kier alpha value is -2.38. The Balaban J connectivity index is 1.68. The number of para-hydroxylation sites is 1. The molecule has 9 nitrogen and oxygen atoms in total. The Bertz CT molecular complexity index is 1550. The molecule has 1 fully saturated rings. The zero-order chi connectivity index (χ0) is 29.1. The molecule has 0 saturated carbocycles. The van der Waals surface area contributed by atoms with E-state index in [-0.39, 0.29) is 21.7 Å². The molecule has 12 heteroatoms. The van der Waals surface area contributed by atoms with E-state index in [1.54, 1.807) is 33.5 Å². The lowest BCUT2D eigenvalue weighted by molar-refractivity contribution is 0.0983. The van der Waals surface area contributed by atoms with Crippen molar-refractivity contribution < 1.29 is 21.6 Å². The van der Waals surface area contributed by atoms with Crippen LogP contribution in [0.25, 0.3) is 10.2 Å². The maximum atomic E-state index is 13.9. The van der Waals surface area contributed by atoms with Crippen LogP contribution < -0.4 is 4.90 Å². The molecule has 218 valence electrons. The van der Waals surface area contributed by atoms with Crippen LogP contribution in [0.3, 0.4) is 0 Å². The van der Waals surface area contributed by atoms with E-state index in [0.29, 0.717) is 40.5 Å². The van der Waals surface area contributed by atoms with Crippen molar-refractivity contribution in [1.29, 1.82) is 0 Å². The number of amides is 1. The number of carbonyl (C=O) groups excluding carboxylic acids is 1. The van der Waals surface area contributed by atoms with Gasteiger partial charge < -0.3 is 4.90 Å². The second-order valence-electron chi connectivity index (χ2n) is 10.1. The summed E-state index contributed by atoms with van der Waals surface area (Å²) in [6.07, 6.45) is 4.64. The number of aromatic nitrogens is 1. The minimum atomic E-state index is -3.67. The lowest BCUT2D eigenvalue weighted by atomic mass is 10.0. The van der Waals surface area contributed by atoms with Crippen molar-refractivity contribution in [1.82, 2.24) is 14.2 Å². The van der Waals surface area contributed by atoms with Gasteiger partial charge in [0.15, 0.2) is 15.0 Å². The number of sulfone groups is 1. The summed E-state index contributed by atoms with van der Waals surface area (Å²) in [5.41, 5.74) is 0.686. The van der Waals surface area contributed by atoms with Crippen LogP contribution in [-0.2, 0) is 19.9 Å². The molecule has 1 saturated heterocycles. The number of likely N-dealkylation sites (N-methyl/N-ethyl adjacent to an activating group) is 1. The van der Waals surface area contributed by atoms with E-state index in [1.807, 2.05) is 6.92 Å². The summed E-state index contributed by atoms with van der Waals surface area (Å²) < 4.78 is 53.8. The lowest BCUT2D eigenvalue weighted by Crippen LogP contribution is -2.43. The number of carbonyl (C=O) groups is 1. The van der Waals surface area contributed by atoms with E-state index in [1.165, 1.54) is 29.5 Å². The zero-order valence-corrected chi connectivity index (χ0v) is 26.0. The smallest absolute Gasteiger partial charge is 0.260 e. The van der Waals surface area contributed by atoms with Gasteiger partial charge in [-0.1, -0.05) is 44.6 Å². The second-order valence-corrected chi connectivity index (χ2v) is 14.9. The van der Waals surface area contributed by atoms with Gasteiger partial charge in [0.1, 0.15) is 5.52 Å². The summed E-state index contributed by atoms with van der Waals surface area (Å²) in [5, 5.41) is 0.402. The minimum absolute atomic E-state index is 0.00788. The molecular weight excluding hydrogens is 569 g/mol. The van der Waals surface area contributed by atoms with Crippen molar-refractivity contribution >= 4 is 52.5 Å². The third-order valence-electron chi connectivity index (χ3n) is 7.53. The molecule has 0 radical (unpaired) electrons. The fourth-order valence-corrected chi connectivity index (χ4v) is 8.83. The van der Waals surface area contributed by atoms with Crippen molar-refractivity contribution in [2.24, 2.45) is 0 Å². The van der Waals surface area contributed by atoms with Crippen LogP contribution in [0.5, 0.6) is 0 Å². The van der Waals surface area contributed by atoms with Crippen LogP contribution in [0, 0.1) is 0 Å². The first-order chi connectivity index (χ1) is 19.0.